The number of nitrogens with one attached hydrogen (secondary N) is 2. The third kappa shape index (κ3) is 4.53. The van der Waals surface area contributed by atoms with Crippen molar-refractivity contribution in [3.8, 4) is 11.5 Å². The van der Waals surface area contributed by atoms with Crippen LogP contribution in [-0.4, -0.2) is 22.7 Å². The molecule has 5 rings (SSSR count). The first-order valence-electron chi connectivity index (χ1n) is 10.5. The van der Waals surface area contributed by atoms with Crippen molar-refractivity contribution in [2.45, 2.75) is 13.1 Å². The molecule has 0 aliphatic carbocycles. The van der Waals surface area contributed by atoms with E-state index in [1.807, 2.05) is 0 Å². The number of aromatic nitrogens is 1. The number of fused-ring (bicyclic) bond motifs is 2. The van der Waals surface area contributed by atoms with Crippen molar-refractivity contribution in [1.29, 1.82) is 0 Å². The number of benzene rings is 3. The number of halogens is 2. The lowest BCUT2D eigenvalue weighted by Crippen LogP contribution is -2.35. The standard InChI is InChI=1S/C25H19ClFN3O4/c26-19-3-1-2-4-20(19)29-25(32)30(12-15-5-7-18(27)8-6-15)13-17-9-16-10-22-23(34-14-33-22)11-21(16)28-24(17)31/h1-11H,12-14H2,(H,28,31)(H,29,32). The molecule has 1 aliphatic rings. The van der Waals surface area contributed by atoms with Crippen LogP contribution in [0.2, 0.25) is 5.02 Å². The lowest BCUT2D eigenvalue weighted by Gasteiger charge is -2.23. The van der Waals surface area contributed by atoms with Gasteiger partial charge in [0, 0.05) is 23.6 Å². The van der Waals surface area contributed by atoms with Gasteiger partial charge in [-0.3, -0.25) is 4.79 Å². The summed E-state index contributed by atoms with van der Waals surface area (Å²) in [5, 5.41) is 3.91. The molecule has 0 atom stereocenters. The van der Waals surface area contributed by atoms with E-state index in [-0.39, 0.29) is 31.3 Å². The second kappa shape index (κ2) is 9.07. The first kappa shape index (κ1) is 21.8. The summed E-state index contributed by atoms with van der Waals surface area (Å²) in [6.45, 7) is 0.277. The molecule has 2 N–H and O–H groups in total. The Labute approximate surface area is 198 Å². The molecule has 0 unspecified atom stereocenters. The van der Waals surface area contributed by atoms with Gasteiger partial charge in [0.15, 0.2) is 11.5 Å². The summed E-state index contributed by atoms with van der Waals surface area (Å²) in [5.74, 6) is 0.776. The van der Waals surface area contributed by atoms with Gasteiger partial charge in [-0.25, -0.2) is 9.18 Å². The minimum absolute atomic E-state index is 0.00732. The van der Waals surface area contributed by atoms with Crippen molar-refractivity contribution in [1.82, 2.24) is 9.88 Å². The largest absolute Gasteiger partial charge is 0.454 e. The Morgan fingerprint density at radius 2 is 1.76 bits per heavy atom. The van der Waals surface area contributed by atoms with Crippen LogP contribution in [0.3, 0.4) is 0 Å². The maximum atomic E-state index is 13.4. The minimum Gasteiger partial charge on any atom is -0.454 e. The Morgan fingerprint density at radius 1 is 1.03 bits per heavy atom. The molecular weight excluding hydrogens is 461 g/mol. The molecule has 0 spiro atoms. The van der Waals surface area contributed by atoms with E-state index in [0.717, 1.165) is 5.39 Å². The number of carbonyl (C=O) groups is 1. The van der Waals surface area contributed by atoms with Crippen LogP contribution in [0.15, 0.2) is 71.5 Å². The molecule has 1 aromatic heterocycles. The number of pyridine rings is 1. The predicted octanol–water partition coefficient (Wildman–Crippen LogP) is 5.28. The van der Waals surface area contributed by atoms with Crippen LogP contribution in [0, 0.1) is 5.82 Å². The summed E-state index contributed by atoms with van der Waals surface area (Å²) in [6, 6.07) is 17.5. The smallest absolute Gasteiger partial charge is 0.322 e. The number of amides is 2. The Hall–Kier alpha value is -4.04. The topological polar surface area (TPSA) is 83.7 Å². The van der Waals surface area contributed by atoms with Crippen LogP contribution >= 0.6 is 11.6 Å². The third-order valence-electron chi connectivity index (χ3n) is 5.46. The lowest BCUT2D eigenvalue weighted by molar-refractivity contribution is 0.174. The average molecular weight is 480 g/mol. The van der Waals surface area contributed by atoms with Crippen LogP contribution in [0.5, 0.6) is 11.5 Å². The number of carbonyl (C=O) groups excluding carboxylic acids is 1. The number of anilines is 1. The third-order valence-corrected chi connectivity index (χ3v) is 5.79. The number of urea groups is 1. The second-order valence-electron chi connectivity index (χ2n) is 7.81. The molecule has 7 nitrogen and oxygen atoms in total. The average Bonchev–Trinajstić information content (AvgIpc) is 3.27. The number of ether oxygens (including phenoxy) is 2. The van der Waals surface area contributed by atoms with Crippen molar-refractivity contribution in [2.24, 2.45) is 0 Å². The number of para-hydroxylation sites is 1. The maximum absolute atomic E-state index is 13.4. The molecule has 2 amide bonds. The maximum Gasteiger partial charge on any atom is 0.322 e. The van der Waals surface area contributed by atoms with Crippen LogP contribution in [-0.2, 0) is 13.1 Å². The van der Waals surface area contributed by atoms with Crippen LogP contribution in [0.1, 0.15) is 11.1 Å². The summed E-state index contributed by atoms with van der Waals surface area (Å²) < 4.78 is 24.2. The fourth-order valence-corrected chi connectivity index (χ4v) is 3.91. The molecule has 9 heteroatoms. The number of H-pyrrole nitrogens is 1. The fraction of sp³-hybridized carbons (Fsp3) is 0.120. The molecule has 4 aromatic rings. The van der Waals surface area contributed by atoms with Gasteiger partial charge in [-0.15, -0.1) is 0 Å². The Bertz CT molecular complexity index is 1440. The number of aromatic amines is 1. The van der Waals surface area contributed by atoms with Gasteiger partial charge in [-0.1, -0.05) is 35.9 Å². The fourth-order valence-electron chi connectivity index (χ4n) is 3.73. The zero-order valence-electron chi connectivity index (χ0n) is 17.8. The van der Waals surface area contributed by atoms with Gasteiger partial charge in [-0.2, -0.15) is 0 Å². The van der Waals surface area contributed by atoms with E-state index in [1.54, 1.807) is 54.6 Å². The van der Waals surface area contributed by atoms with Gasteiger partial charge in [0.1, 0.15) is 5.82 Å². The molecule has 0 fully saturated rings. The quantitative estimate of drug-likeness (QED) is 0.408. The molecule has 0 radical (unpaired) electrons. The predicted molar refractivity (Wildman–Crippen MR) is 127 cm³/mol. The first-order chi connectivity index (χ1) is 16.5. The summed E-state index contributed by atoms with van der Waals surface area (Å²) >= 11 is 6.20. The van der Waals surface area contributed by atoms with Gasteiger partial charge in [0.2, 0.25) is 6.79 Å². The van der Waals surface area contributed by atoms with Crippen LogP contribution in [0.4, 0.5) is 14.9 Å². The molecule has 0 saturated heterocycles. The highest BCUT2D eigenvalue weighted by Crippen LogP contribution is 2.35. The molecule has 0 bridgehead atoms. The van der Waals surface area contributed by atoms with Crippen molar-refractivity contribution >= 4 is 34.2 Å². The van der Waals surface area contributed by atoms with Gasteiger partial charge in [0.25, 0.3) is 5.56 Å². The van der Waals surface area contributed by atoms with E-state index in [1.165, 1.54) is 17.0 Å². The van der Waals surface area contributed by atoms with Gasteiger partial charge >= 0.3 is 6.03 Å². The summed E-state index contributed by atoms with van der Waals surface area (Å²) in [5.41, 5.74) is 1.79. The Kier molecular flexibility index (Phi) is 5.81. The SMILES string of the molecule is O=C(Nc1ccccc1Cl)N(Cc1ccc(F)cc1)Cc1cc2cc3c(cc2[nH]c1=O)OCO3. The Morgan fingerprint density at radius 3 is 2.53 bits per heavy atom. The minimum atomic E-state index is -0.456. The van der Waals surface area contributed by atoms with Crippen LogP contribution < -0.4 is 20.3 Å². The van der Waals surface area contributed by atoms with E-state index in [2.05, 4.69) is 10.3 Å². The molecule has 1 aliphatic heterocycles. The normalized spacial score (nSPS) is 12.1. The number of hydrogen-bond donors (Lipinski definition) is 2. The Balaban J connectivity index is 1.47. The van der Waals surface area contributed by atoms with E-state index < -0.39 is 6.03 Å². The van der Waals surface area contributed by atoms with E-state index in [0.29, 0.717) is 38.9 Å². The number of nitrogens with zero attached hydrogens (tertiary/aromatic N) is 1. The highest BCUT2D eigenvalue weighted by Gasteiger charge is 2.20. The van der Waals surface area contributed by atoms with E-state index >= 15 is 0 Å². The van der Waals surface area contributed by atoms with Crippen molar-refractivity contribution < 1.29 is 18.7 Å². The molecular formula is C25H19ClFN3O4. The highest BCUT2D eigenvalue weighted by atomic mass is 35.5. The van der Waals surface area contributed by atoms with Gasteiger partial charge < -0.3 is 24.7 Å². The zero-order valence-corrected chi connectivity index (χ0v) is 18.6. The first-order valence-corrected chi connectivity index (χ1v) is 10.8. The van der Waals surface area contributed by atoms with Crippen molar-refractivity contribution in [2.75, 3.05) is 12.1 Å². The van der Waals surface area contributed by atoms with Crippen molar-refractivity contribution in [3.63, 3.8) is 0 Å². The van der Waals surface area contributed by atoms with E-state index in [9.17, 15) is 14.0 Å². The molecule has 34 heavy (non-hydrogen) atoms. The van der Waals surface area contributed by atoms with Crippen molar-refractivity contribution in [3.05, 3.63) is 99.1 Å². The lowest BCUT2D eigenvalue weighted by atomic mass is 10.1. The zero-order chi connectivity index (χ0) is 23.7. The van der Waals surface area contributed by atoms with Crippen LogP contribution in [0.25, 0.3) is 10.9 Å². The molecule has 2 heterocycles. The highest BCUT2D eigenvalue weighted by molar-refractivity contribution is 6.33. The molecule has 3 aromatic carbocycles. The summed E-state index contributed by atoms with van der Waals surface area (Å²) in [4.78, 5) is 30.3. The van der Waals surface area contributed by atoms with Gasteiger partial charge in [0.05, 0.1) is 22.8 Å². The van der Waals surface area contributed by atoms with Gasteiger partial charge in [-0.05, 0) is 42.0 Å². The molecule has 0 saturated carbocycles. The molecule has 172 valence electrons. The summed E-state index contributed by atoms with van der Waals surface area (Å²) in [6.07, 6.45) is 0. The van der Waals surface area contributed by atoms with E-state index in [4.69, 9.17) is 21.1 Å². The number of hydrogen-bond acceptors (Lipinski definition) is 4. The number of rotatable bonds is 5. The second-order valence-corrected chi connectivity index (χ2v) is 8.22. The summed E-state index contributed by atoms with van der Waals surface area (Å²) in [7, 11) is 0. The monoisotopic (exact) mass is 479 g/mol.